The van der Waals surface area contributed by atoms with Gasteiger partial charge in [-0.2, -0.15) is 5.10 Å². The lowest BCUT2D eigenvalue weighted by atomic mass is 9.96. The summed E-state index contributed by atoms with van der Waals surface area (Å²) in [6.07, 6.45) is 2.83. The number of aromatic nitrogens is 2. The minimum absolute atomic E-state index is 0.0210. The van der Waals surface area contributed by atoms with Crippen molar-refractivity contribution >= 4 is 17.7 Å². The molecule has 156 valence electrons. The minimum atomic E-state index is -0.184. The average Bonchev–Trinajstić information content (AvgIpc) is 3.33. The Labute approximate surface area is 180 Å². The molecule has 0 radical (unpaired) electrons. The lowest BCUT2D eigenvalue weighted by Gasteiger charge is -2.26. The Bertz CT molecular complexity index is 1020. The molecule has 0 saturated carbocycles. The van der Waals surface area contributed by atoms with Gasteiger partial charge in [-0.3, -0.25) is 9.89 Å². The van der Waals surface area contributed by atoms with Gasteiger partial charge in [-0.1, -0.05) is 12.1 Å². The van der Waals surface area contributed by atoms with E-state index in [1.54, 1.807) is 26.0 Å². The van der Waals surface area contributed by atoms with Crippen LogP contribution in [0.1, 0.15) is 34.1 Å². The van der Waals surface area contributed by atoms with Gasteiger partial charge in [0.15, 0.2) is 0 Å². The fraction of sp³-hybridized carbons (Fsp3) is 0.304. The monoisotopic (exact) mass is 423 g/mol. The van der Waals surface area contributed by atoms with Crippen LogP contribution < -0.4 is 4.74 Å². The molecule has 4 rings (SSSR count). The molecule has 6 nitrogen and oxygen atoms in total. The number of fused-ring (bicyclic) bond motifs is 1. The van der Waals surface area contributed by atoms with Gasteiger partial charge in [-0.05, 0) is 54.6 Å². The zero-order valence-corrected chi connectivity index (χ0v) is 18.2. The molecule has 0 fully saturated rings. The van der Waals surface area contributed by atoms with Gasteiger partial charge in [0.05, 0.1) is 18.8 Å². The number of nitrogens with one attached hydrogen (secondary N) is 1. The van der Waals surface area contributed by atoms with Crippen molar-refractivity contribution < 1.29 is 14.3 Å². The Kier molecular flexibility index (Phi) is 6.11. The van der Waals surface area contributed by atoms with Gasteiger partial charge < -0.3 is 14.4 Å². The molecular formula is C23H25N3O3S. The third-order valence-corrected chi connectivity index (χ3v) is 6.15. The summed E-state index contributed by atoms with van der Waals surface area (Å²) in [7, 11) is 3.32. The maximum Gasteiger partial charge on any atom is 0.273 e. The molecule has 1 N–H and O–H groups in total. The summed E-state index contributed by atoms with van der Waals surface area (Å²) >= 11 is 1.70. The second-order valence-electron chi connectivity index (χ2n) is 7.11. The first-order valence-electron chi connectivity index (χ1n) is 9.84. The van der Waals surface area contributed by atoms with Crippen molar-refractivity contribution in [2.75, 3.05) is 33.6 Å². The van der Waals surface area contributed by atoms with Crippen molar-refractivity contribution in [3.8, 4) is 17.0 Å². The normalized spacial score (nSPS) is 15.5. The van der Waals surface area contributed by atoms with Crippen LogP contribution in [0.2, 0.25) is 0 Å². The largest absolute Gasteiger partial charge is 0.497 e. The smallest absolute Gasteiger partial charge is 0.273 e. The van der Waals surface area contributed by atoms with Gasteiger partial charge in [-0.25, -0.2) is 0 Å². The number of ether oxygens (including phenoxy) is 2. The number of rotatable bonds is 8. The summed E-state index contributed by atoms with van der Waals surface area (Å²) in [6, 6.07) is 16.0. The first kappa shape index (κ1) is 20.5. The van der Waals surface area contributed by atoms with Crippen molar-refractivity contribution in [1.29, 1.82) is 0 Å². The molecule has 1 amide bonds. The molecule has 0 aliphatic carbocycles. The molecule has 0 bridgehead atoms. The van der Waals surface area contributed by atoms with Crippen molar-refractivity contribution in [2.24, 2.45) is 0 Å². The van der Waals surface area contributed by atoms with Crippen molar-refractivity contribution in [3.63, 3.8) is 0 Å². The number of hydrogen-bond acceptors (Lipinski definition) is 5. The van der Waals surface area contributed by atoms with E-state index in [2.05, 4.69) is 40.7 Å². The summed E-state index contributed by atoms with van der Waals surface area (Å²) in [5.41, 5.74) is 4.32. The van der Waals surface area contributed by atoms with Crippen LogP contribution in [0, 0.1) is 0 Å². The fourth-order valence-corrected chi connectivity index (χ4v) is 4.32. The van der Waals surface area contributed by atoms with Crippen LogP contribution in [0.4, 0.5) is 0 Å². The number of amides is 1. The number of thioether (sulfide) groups is 1. The van der Waals surface area contributed by atoms with Crippen LogP contribution in [0.3, 0.4) is 0 Å². The Morgan fingerprint density at radius 2 is 1.83 bits per heavy atom. The second-order valence-corrected chi connectivity index (χ2v) is 7.99. The van der Waals surface area contributed by atoms with Gasteiger partial charge in [0, 0.05) is 36.3 Å². The van der Waals surface area contributed by atoms with Crippen LogP contribution in [0.15, 0.2) is 53.4 Å². The van der Waals surface area contributed by atoms with E-state index in [1.807, 2.05) is 29.2 Å². The Morgan fingerprint density at radius 3 is 2.47 bits per heavy atom. The number of carbonyl (C=O) groups is 1. The molecule has 1 aliphatic heterocycles. The van der Waals surface area contributed by atoms with Crippen LogP contribution in [-0.2, 0) is 4.74 Å². The first-order chi connectivity index (χ1) is 14.7. The van der Waals surface area contributed by atoms with Crippen LogP contribution in [0.25, 0.3) is 11.3 Å². The Hall–Kier alpha value is -2.77. The summed E-state index contributed by atoms with van der Waals surface area (Å²) in [5, 5.41) is 7.51. The number of H-pyrrole nitrogens is 1. The predicted molar refractivity (Wildman–Crippen MR) is 118 cm³/mol. The zero-order chi connectivity index (χ0) is 21.1. The fourth-order valence-electron chi connectivity index (χ4n) is 3.91. The standard InChI is InChI=1S/C23H25N3O3S/c1-28-14-4-13-26-22(16-7-11-18(30-3)12-8-16)19-20(24-25-21(19)23(26)27)15-5-9-17(29-2)10-6-15/h5-12,22H,4,13-14H2,1-3H3,(H,24,25). The van der Waals surface area contributed by atoms with Crippen LogP contribution in [0.5, 0.6) is 5.75 Å². The second kappa shape index (κ2) is 8.93. The lowest BCUT2D eigenvalue weighted by Crippen LogP contribution is -2.31. The molecule has 30 heavy (non-hydrogen) atoms. The van der Waals surface area contributed by atoms with E-state index in [0.717, 1.165) is 34.6 Å². The van der Waals surface area contributed by atoms with Crippen LogP contribution >= 0.6 is 11.8 Å². The highest BCUT2D eigenvalue weighted by atomic mass is 32.2. The number of aromatic amines is 1. The van der Waals surface area contributed by atoms with Gasteiger partial charge in [0.2, 0.25) is 0 Å². The van der Waals surface area contributed by atoms with Crippen LogP contribution in [-0.4, -0.2) is 54.6 Å². The highest BCUT2D eigenvalue weighted by molar-refractivity contribution is 7.98. The number of methoxy groups -OCH3 is 2. The number of benzene rings is 2. The van der Waals surface area contributed by atoms with E-state index in [9.17, 15) is 4.79 Å². The van der Waals surface area contributed by atoms with Gasteiger partial charge >= 0.3 is 0 Å². The molecule has 0 saturated heterocycles. The molecule has 2 aromatic carbocycles. The Balaban J connectivity index is 1.78. The predicted octanol–water partition coefficient (Wildman–Crippen LogP) is 4.39. The van der Waals surface area contributed by atoms with E-state index < -0.39 is 0 Å². The van der Waals surface area contributed by atoms with E-state index in [-0.39, 0.29) is 11.9 Å². The topological polar surface area (TPSA) is 67.5 Å². The molecule has 3 aromatic rings. The third kappa shape index (κ3) is 3.70. The quantitative estimate of drug-likeness (QED) is 0.430. The van der Waals surface area contributed by atoms with E-state index in [4.69, 9.17) is 9.47 Å². The van der Waals surface area contributed by atoms with Crippen molar-refractivity contribution in [2.45, 2.75) is 17.4 Å². The molecular weight excluding hydrogens is 398 g/mol. The highest BCUT2D eigenvalue weighted by Crippen LogP contribution is 2.43. The molecule has 7 heteroatoms. The minimum Gasteiger partial charge on any atom is -0.497 e. The van der Waals surface area contributed by atoms with E-state index in [1.165, 1.54) is 4.90 Å². The van der Waals surface area contributed by atoms with Gasteiger partial charge in [-0.15, -0.1) is 11.8 Å². The maximum absolute atomic E-state index is 13.2. The Morgan fingerprint density at radius 1 is 1.10 bits per heavy atom. The molecule has 1 unspecified atom stereocenters. The molecule has 1 atom stereocenters. The number of carbonyl (C=O) groups excluding carboxylic acids is 1. The summed E-state index contributed by atoms with van der Waals surface area (Å²) in [4.78, 5) is 16.3. The maximum atomic E-state index is 13.2. The SMILES string of the molecule is COCCCN1C(=O)c2[nH]nc(-c3ccc(OC)cc3)c2C1c1ccc(SC)cc1. The molecule has 0 spiro atoms. The van der Waals surface area contributed by atoms with Crippen molar-refractivity contribution in [1.82, 2.24) is 15.1 Å². The molecule has 1 aliphatic rings. The first-order valence-corrected chi connectivity index (χ1v) is 11.1. The number of hydrogen-bond donors (Lipinski definition) is 1. The molecule has 2 heterocycles. The van der Waals surface area contributed by atoms with Gasteiger partial charge in [0.1, 0.15) is 11.4 Å². The zero-order valence-electron chi connectivity index (χ0n) is 17.3. The lowest BCUT2D eigenvalue weighted by molar-refractivity contribution is 0.0723. The number of nitrogens with zero attached hydrogens (tertiary/aromatic N) is 2. The van der Waals surface area contributed by atoms with Gasteiger partial charge in [0.25, 0.3) is 5.91 Å². The summed E-state index contributed by atoms with van der Waals surface area (Å²) < 4.78 is 10.5. The van der Waals surface area contributed by atoms with E-state index in [0.29, 0.717) is 18.8 Å². The van der Waals surface area contributed by atoms with E-state index >= 15 is 0 Å². The average molecular weight is 424 g/mol. The highest BCUT2D eigenvalue weighted by Gasteiger charge is 2.41. The van der Waals surface area contributed by atoms with Crippen molar-refractivity contribution in [3.05, 3.63) is 65.4 Å². The summed E-state index contributed by atoms with van der Waals surface area (Å²) in [6.45, 7) is 1.23. The molecule has 1 aromatic heterocycles. The third-order valence-electron chi connectivity index (χ3n) is 5.41. The summed E-state index contributed by atoms with van der Waals surface area (Å²) in [5.74, 6) is 0.764.